The molecule has 2 aliphatic carbocycles. The molecule has 0 aliphatic heterocycles. The van der Waals surface area contributed by atoms with E-state index in [1.165, 1.54) is 77.7 Å². The Morgan fingerprint density at radius 3 is 1.46 bits per heavy atom. The first kappa shape index (κ1) is 39.0. The SMILES string of the molecule is CC1(c2ccccc2)c2ccccc2-c2ccc(-c3ccc(-c4cc(-c5cccc6c5-c5ccccc5C6(c5ccccc5)c5ccccc5)nc(-c5ccccc5)n4)c4ccccc34)cc21. The second kappa shape index (κ2) is 15.3. The van der Waals surface area contributed by atoms with Gasteiger partial charge in [0.1, 0.15) is 0 Å². The third-order valence-electron chi connectivity index (χ3n) is 14.7. The van der Waals surface area contributed by atoms with E-state index in [2.05, 4.69) is 250 Å². The van der Waals surface area contributed by atoms with Crippen molar-refractivity contribution in [3.63, 3.8) is 0 Å². The van der Waals surface area contributed by atoms with Gasteiger partial charge in [-0.15, -0.1) is 0 Å². The largest absolute Gasteiger partial charge is 0.228 e. The summed E-state index contributed by atoms with van der Waals surface area (Å²) in [5.41, 5.74) is 20.5. The molecular formula is C65H44N2. The molecule has 11 aromatic rings. The fourth-order valence-electron chi connectivity index (χ4n) is 11.7. The normalized spacial score (nSPS) is 15.1. The van der Waals surface area contributed by atoms with Gasteiger partial charge in [-0.25, -0.2) is 9.97 Å². The third-order valence-corrected chi connectivity index (χ3v) is 14.7. The Bertz CT molecular complexity index is 3650. The average molecular weight is 853 g/mol. The summed E-state index contributed by atoms with van der Waals surface area (Å²) in [7, 11) is 0. The molecule has 2 nitrogen and oxygen atoms in total. The van der Waals surface area contributed by atoms with E-state index in [9.17, 15) is 0 Å². The molecule has 0 radical (unpaired) electrons. The molecular weight excluding hydrogens is 809 g/mol. The van der Waals surface area contributed by atoms with Gasteiger partial charge in [0.15, 0.2) is 5.82 Å². The summed E-state index contributed by atoms with van der Waals surface area (Å²) in [6.45, 7) is 2.39. The summed E-state index contributed by atoms with van der Waals surface area (Å²) in [6.07, 6.45) is 0. The van der Waals surface area contributed by atoms with E-state index in [0.717, 1.165) is 33.5 Å². The first-order valence-electron chi connectivity index (χ1n) is 23.2. The van der Waals surface area contributed by atoms with Crippen LogP contribution in [0.4, 0.5) is 0 Å². The molecule has 1 aromatic heterocycles. The van der Waals surface area contributed by atoms with Gasteiger partial charge >= 0.3 is 0 Å². The highest BCUT2D eigenvalue weighted by molar-refractivity contribution is 6.05. The molecule has 0 N–H and O–H groups in total. The van der Waals surface area contributed by atoms with Crippen LogP contribution in [-0.4, -0.2) is 9.97 Å². The molecule has 314 valence electrons. The third kappa shape index (κ3) is 5.83. The van der Waals surface area contributed by atoms with Gasteiger partial charge in [0.2, 0.25) is 0 Å². The molecule has 2 aliphatic rings. The lowest BCUT2D eigenvalue weighted by Crippen LogP contribution is -2.28. The van der Waals surface area contributed by atoms with Crippen molar-refractivity contribution in [1.82, 2.24) is 9.97 Å². The molecule has 13 rings (SSSR count). The van der Waals surface area contributed by atoms with E-state index in [1.807, 2.05) is 6.07 Å². The molecule has 0 bridgehead atoms. The zero-order chi connectivity index (χ0) is 44.5. The summed E-state index contributed by atoms with van der Waals surface area (Å²) in [6, 6.07) is 90.7. The smallest absolute Gasteiger partial charge is 0.160 e. The summed E-state index contributed by atoms with van der Waals surface area (Å²) in [5, 5.41) is 2.33. The lowest BCUT2D eigenvalue weighted by atomic mass is 9.67. The Morgan fingerprint density at radius 2 is 0.776 bits per heavy atom. The fraction of sp³-hybridized carbons (Fsp3) is 0.0462. The van der Waals surface area contributed by atoms with Crippen molar-refractivity contribution < 1.29 is 0 Å². The second-order valence-electron chi connectivity index (χ2n) is 18.1. The summed E-state index contributed by atoms with van der Waals surface area (Å²) < 4.78 is 0. The van der Waals surface area contributed by atoms with E-state index in [-0.39, 0.29) is 5.41 Å². The quantitative estimate of drug-likeness (QED) is 0.160. The van der Waals surface area contributed by atoms with E-state index in [0.29, 0.717) is 5.82 Å². The van der Waals surface area contributed by atoms with Crippen molar-refractivity contribution in [2.75, 3.05) is 0 Å². The molecule has 1 atom stereocenters. The van der Waals surface area contributed by atoms with Crippen LogP contribution in [-0.2, 0) is 10.8 Å². The Morgan fingerprint density at radius 1 is 0.299 bits per heavy atom. The molecule has 0 saturated carbocycles. The number of rotatable bonds is 7. The van der Waals surface area contributed by atoms with Crippen molar-refractivity contribution in [1.29, 1.82) is 0 Å². The van der Waals surface area contributed by atoms with Crippen LogP contribution in [0.5, 0.6) is 0 Å². The molecule has 0 spiro atoms. The van der Waals surface area contributed by atoms with Gasteiger partial charge in [0.05, 0.1) is 16.8 Å². The maximum Gasteiger partial charge on any atom is 0.160 e. The first-order valence-corrected chi connectivity index (χ1v) is 23.2. The molecule has 0 amide bonds. The molecule has 1 unspecified atom stereocenters. The number of nitrogens with zero attached hydrogens (tertiary/aromatic N) is 2. The number of hydrogen-bond acceptors (Lipinski definition) is 2. The fourth-order valence-corrected chi connectivity index (χ4v) is 11.7. The highest BCUT2D eigenvalue weighted by Gasteiger charge is 2.47. The van der Waals surface area contributed by atoms with Crippen molar-refractivity contribution in [2.24, 2.45) is 0 Å². The van der Waals surface area contributed by atoms with Gasteiger partial charge in [-0.1, -0.05) is 237 Å². The summed E-state index contributed by atoms with van der Waals surface area (Å²) >= 11 is 0. The Kier molecular flexibility index (Phi) is 8.91. The summed E-state index contributed by atoms with van der Waals surface area (Å²) in [5.74, 6) is 0.695. The second-order valence-corrected chi connectivity index (χ2v) is 18.1. The maximum atomic E-state index is 5.47. The van der Waals surface area contributed by atoms with E-state index >= 15 is 0 Å². The average Bonchev–Trinajstić information content (AvgIpc) is 3.86. The van der Waals surface area contributed by atoms with Crippen molar-refractivity contribution in [3.8, 4) is 67.3 Å². The van der Waals surface area contributed by atoms with Gasteiger partial charge in [-0.2, -0.15) is 0 Å². The van der Waals surface area contributed by atoms with Gasteiger partial charge < -0.3 is 0 Å². The zero-order valence-electron chi connectivity index (χ0n) is 37.1. The van der Waals surface area contributed by atoms with Gasteiger partial charge in [-0.3, -0.25) is 0 Å². The van der Waals surface area contributed by atoms with Crippen molar-refractivity contribution in [2.45, 2.75) is 17.8 Å². The molecule has 0 fully saturated rings. The molecule has 1 heterocycles. The van der Waals surface area contributed by atoms with Crippen LogP contribution >= 0.6 is 0 Å². The number of aromatic nitrogens is 2. The highest BCUT2D eigenvalue weighted by atomic mass is 14.9. The van der Waals surface area contributed by atoms with E-state index in [4.69, 9.17) is 9.97 Å². The standard InChI is InChI=1S/C65H44N2/c1-64(45-23-8-3-9-24-45)56-34-18-16-31-51(56)52-38-37-44(41-59(52)64)48-39-40-53(50-30-15-14-29-49(48)50)60-42-61(67-63(66-60)43-21-6-2-7-22-43)55-33-20-36-58-62(55)54-32-17-19-35-57(54)65(58,46-25-10-4-11-26-46)47-27-12-5-13-28-47/h2-42H,1H3. The minimum absolute atomic E-state index is 0.288. The van der Waals surface area contributed by atoms with Crippen LogP contribution in [0.3, 0.4) is 0 Å². The molecule has 0 saturated heterocycles. The lowest BCUT2D eigenvalue weighted by molar-refractivity contribution is 0.714. The van der Waals surface area contributed by atoms with Crippen LogP contribution in [0, 0.1) is 0 Å². The Balaban J connectivity index is 1.01. The van der Waals surface area contributed by atoms with E-state index < -0.39 is 5.41 Å². The van der Waals surface area contributed by atoms with Gasteiger partial charge in [-0.05, 0) is 102 Å². The first-order chi connectivity index (χ1) is 33.1. The number of fused-ring (bicyclic) bond motifs is 7. The number of hydrogen-bond donors (Lipinski definition) is 0. The van der Waals surface area contributed by atoms with Gasteiger partial charge in [0.25, 0.3) is 0 Å². The Hall–Kier alpha value is -8.46. The highest BCUT2D eigenvalue weighted by Crippen LogP contribution is 2.58. The maximum absolute atomic E-state index is 5.47. The van der Waals surface area contributed by atoms with Crippen LogP contribution in [0.2, 0.25) is 0 Å². The molecule has 67 heavy (non-hydrogen) atoms. The molecule has 10 aromatic carbocycles. The topological polar surface area (TPSA) is 25.8 Å². The monoisotopic (exact) mass is 852 g/mol. The van der Waals surface area contributed by atoms with E-state index in [1.54, 1.807) is 0 Å². The number of benzene rings is 10. The zero-order valence-corrected chi connectivity index (χ0v) is 37.1. The van der Waals surface area contributed by atoms with Crippen molar-refractivity contribution >= 4 is 10.8 Å². The lowest BCUT2D eigenvalue weighted by Gasteiger charge is -2.33. The predicted octanol–water partition coefficient (Wildman–Crippen LogP) is 16.0. The van der Waals surface area contributed by atoms with Crippen LogP contribution in [0.25, 0.3) is 78.1 Å². The van der Waals surface area contributed by atoms with Crippen LogP contribution < -0.4 is 0 Å². The molecule has 2 heteroatoms. The minimum Gasteiger partial charge on any atom is -0.228 e. The Labute approximate surface area is 391 Å². The van der Waals surface area contributed by atoms with Crippen molar-refractivity contribution in [3.05, 3.63) is 288 Å². The summed E-state index contributed by atoms with van der Waals surface area (Å²) in [4.78, 5) is 10.9. The predicted molar refractivity (Wildman–Crippen MR) is 276 cm³/mol. The minimum atomic E-state index is -0.520. The van der Waals surface area contributed by atoms with Crippen LogP contribution in [0.1, 0.15) is 45.9 Å². The van der Waals surface area contributed by atoms with Crippen LogP contribution in [0.15, 0.2) is 249 Å². The van der Waals surface area contributed by atoms with Gasteiger partial charge in [0, 0.05) is 22.1 Å².